The number of aliphatic carboxylic acids is 1. The molecule has 0 saturated heterocycles. The first-order valence-corrected chi connectivity index (χ1v) is 13.1. The van der Waals surface area contributed by atoms with E-state index >= 15 is 0 Å². The van der Waals surface area contributed by atoms with E-state index in [2.05, 4.69) is 0 Å². The van der Waals surface area contributed by atoms with E-state index in [1.54, 1.807) is 27.7 Å². The van der Waals surface area contributed by atoms with Crippen molar-refractivity contribution in [3.8, 4) is 11.5 Å². The van der Waals surface area contributed by atoms with Crippen molar-refractivity contribution in [2.75, 3.05) is 13.2 Å². The lowest BCUT2D eigenvalue weighted by atomic mass is 9.86. The SMILES string of the molecule is C[C@@H](CC(N)(Cc1ccc(OC(=O)OCC(C)(C)C)c(OC(=O)OCC(C)(C)C)c1)C(=O)O)OC(=O)C(C)(C)C. The Balaban J connectivity index is 3.24. The molecule has 0 aliphatic carbocycles. The fraction of sp³-hybridized carbons (Fsp3) is 0.655. The van der Waals surface area contributed by atoms with Crippen molar-refractivity contribution in [1.29, 1.82) is 0 Å². The van der Waals surface area contributed by atoms with E-state index in [4.69, 9.17) is 29.4 Å². The van der Waals surface area contributed by atoms with Crippen LogP contribution in [0.1, 0.15) is 81.2 Å². The molecule has 0 bridgehead atoms. The Kier molecular flexibility index (Phi) is 11.6. The summed E-state index contributed by atoms with van der Waals surface area (Å²) in [7, 11) is 0. The van der Waals surface area contributed by atoms with Gasteiger partial charge in [-0.1, -0.05) is 47.6 Å². The summed E-state index contributed by atoms with van der Waals surface area (Å²) >= 11 is 0. The summed E-state index contributed by atoms with van der Waals surface area (Å²) in [4.78, 5) is 49.1. The molecule has 1 aromatic carbocycles. The third-order valence-electron chi connectivity index (χ3n) is 5.16. The molecule has 11 heteroatoms. The van der Waals surface area contributed by atoms with E-state index in [1.165, 1.54) is 18.2 Å². The number of carboxylic acid groups (broad SMARTS) is 1. The highest BCUT2D eigenvalue weighted by atomic mass is 16.7. The van der Waals surface area contributed by atoms with E-state index in [1.807, 2.05) is 41.5 Å². The second kappa shape index (κ2) is 13.3. The minimum atomic E-state index is -1.84. The second-order valence-corrected chi connectivity index (χ2v) is 13.5. The highest BCUT2D eigenvalue weighted by molar-refractivity contribution is 5.79. The van der Waals surface area contributed by atoms with Gasteiger partial charge in [0.1, 0.15) is 11.6 Å². The van der Waals surface area contributed by atoms with Crippen molar-refractivity contribution in [2.24, 2.45) is 22.0 Å². The molecule has 2 atom stereocenters. The molecule has 11 nitrogen and oxygen atoms in total. The van der Waals surface area contributed by atoms with Crippen LogP contribution in [0.25, 0.3) is 0 Å². The zero-order valence-corrected chi connectivity index (χ0v) is 25.3. The monoisotopic (exact) mass is 567 g/mol. The highest BCUT2D eigenvalue weighted by Gasteiger charge is 2.38. The summed E-state index contributed by atoms with van der Waals surface area (Å²) < 4.78 is 26.3. The minimum Gasteiger partial charge on any atom is -0.480 e. The fourth-order valence-electron chi connectivity index (χ4n) is 3.13. The molecule has 226 valence electrons. The predicted molar refractivity (Wildman–Crippen MR) is 147 cm³/mol. The van der Waals surface area contributed by atoms with Gasteiger partial charge in [0.05, 0.1) is 18.6 Å². The molecule has 1 unspecified atom stereocenters. The maximum absolute atomic E-state index is 12.4. The summed E-state index contributed by atoms with van der Waals surface area (Å²) in [6, 6.07) is 4.16. The van der Waals surface area contributed by atoms with Gasteiger partial charge in [-0.25, -0.2) is 9.59 Å². The van der Waals surface area contributed by atoms with Crippen LogP contribution >= 0.6 is 0 Å². The van der Waals surface area contributed by atoms with Gasteiger partial charge >= 0.3 is 24.2 Å². The summed E-state index contributed by atoms with van der Waals surface area (Å²) in [5.41, 5.74) is 3.39. The maximum Gasteiger partial charge on any atom is 0.513 e. The molecule has 0 heterocycles. The molecular formula is C29H45NO10. The zero-order valence-electron chi connectivity index (χ0n) is 25.3. The maximum atomic E-state index is 12.4. The van der Waals surface area contributed by atoms with Gasteiger partial charge in [-0.05, 0) is 56.2 Å². The number of carbonyl (C=O) groups is 4. The molecular weight excluding hydrogens is 522 g/mol. The second-order valence-electron chi connectivity index (χ2n) is 13.5. The molecule has 0 radical (unpaired) electrons. The van der Waals surface area contributed by atoms with Gasteiger partial charge in [0, 0.05) is 12.8 Å². The molecule has 40 heavy (non-hydrogen) atoms. The first-order chi connectivity index (χ1) is 18.0. The minimum absolute atomic E-state index is 0.0610. The number of ether oxygens (including phenoxy) is 5. The largest absolute Gasteiger partial charge is 0.513 e. The van der Waals surface area contributed by atoms with Crippen LogP contribution in [0.2, 0.25) is 0 Å². The third-order valence-corrected chi connectivity index (χ3v) is 5.16. The Morgan fingerprint density at radius 2 is 1.30 bits per heavy atom. The first kappa shape index (κ1) is 34.7. The average molecular weight is 568 g/mol. The van der Waals surface area contributed by atoms with E-state index in [0.29, 0.717) is 5.56 Å². The molecule has 0 saturated carbocycles. The lowest BCUT2D eigenvalue weighted by Crippen LogP contribution is -2.52. The van der Waals surface area contributed by atoms with Crippen LogP contribution in [-0.4, -0.2) is 54.2 Å². The molecule has 0 fully saturated rings. The number of rotatable bonds is 10. The fourth-order valence-corrected chi connectivity index (χ4v) is 3.13. The number of carboxylic acids is 1. The topological polar surface area (TPSA) is 161 Å². The summed E-state index contributed by atoms with van der Waals surface area (Å²) in [6.45, 7) is 18.0. The number of benzene rings is 1. The molecule has 0 aliphatic heterocycles. The van der Waals surface area contributed by atoms with Crippen molar-refractivity contribution in [1.82, 2.24) is 0 Å². The lowest BCUT2D eigenvalue weighted by Gasteiger charge is -2.29. The van der Waals surface area contributed by atoms with Crippen molar-refractivity contribution in [3.63, 3.8) is 0 Å². The van der Waals surface area contributed by atoms with Crippen molar-refractivity contribution < 1.29 is 48.0 Å². The first-order valence-electron chi connectivity index (χ1n) is 13.1. The standard InChI is InChI=1S/C29H45NO10/c1-18(38-23(33)28(8,9)10)14-29(30,22(31)32)15-19-11-12-20(39-24(34)36-16-26(2,3)4)21(13-19)40-25(35)37-17-27(5,6)7/h11-13,18H,14-17,30H2,1-10H3,(H,31,32)/t18-,29?/m0/s1. The molecule has 0 spiro atoms. The Bertz CT molecular complexity index is 1060. The van der Waals surface area contributed by atoms with Crippen molar-refractivity contribution in [2.45, 2.75) is 93.7 Å². The van der Waals surface area contributed by atoms with Gasteiger partial charge in [-0.3, -0.25) is 9.59 Å². The number of nitrogens with two attached hydrogens (primary N) is 1. The van der Waals surface area contributed by atoms with Crippen LogP contribution in [0.3, 0.4) is 0 Å². The molecule has 0 amide bonds. The van der Waals surface area contributed by atoms with Gasteiger partial charge in [-0.15, -0.1) is 0 Å². The Hall–Kier alpha value is -3.34. The number of esters is 1. The number of hydrogen-bond acceptors (Lipinski definition) is 10. The van der Waals surface area contributed by atoms with Crippen molar-refractivity contribution in [3.05, 3.63) is 23.8 Å². The molecule has 1 rings (SSSR count). The molecule has 1 aromatic rings. The van der Waals surface area contributed by atoms with Crippen LogP contribution in [-0.2, 0) is 30.2 Å². The molecule has 3 N–H and O–H groups in total. The van der Waals surface area contributed by atoms with Crippen LogP contribution < -0.4 is 15.2 Å². The summed E-state index contributed by atoms with van der Waals surface area (Å²) in [5, 5.41) is 9.94. The van der Waals surface area contributed by atoms with E-state index in [0.717, 1.165) is 0 Å². The quantitative estimate of drug-likeness (QED) is 0.209. The zero-order chi connectivity index (χ0) is 31.1. The van der Waals surface area contributed by atoms with Crippen LogP contribution in [0.15, 0.2) is 18.2 Å². The molecule has 0 aliphatic rings. The van der Waals surface area contributed by atoms with Gasteiger partial charge in [0.15, 0.2) is 11.5 Å². The third kappa shape index (κ3) is 12.7. The van der Waals surface area contributed by atoms with E-state index in [9.17, 15) is 24.3 Å². The highest BCUT2D eigenvalue weighted by Crippen LogP contribution is 2.32. The Morgan fingerprint density at radius 1 is 0.825 bits per heavy atom. The van der Waals surface area contributed by atoms with Crippen LogP contribution in [0.5, 0.6) is 11.5 Å². The normalized spacial score (nSPS) is 14.4. The van der Waals surface area contributed by atoms with Gasteiger partial charge in [0.2, 0.25) is 0 Å². The number of hydrogen-bond donors (Lipinski definition) is 2. The van der Waals surface area contributed by atoms with Gasteiger partial charge in [0.25, 0.3) is 0 Å². The Labute approximate surface area is 236 Å². The predicted octanol–water partition coefficient (Wildman–Crippen LogP) is 5.50. The van der Waals surface area contributed by atoms with E-state index < -0.39 is 41.3 Å². The summed E-state index contributed by atoms with van der Waals surface area (Å²) in [6.07, 6.45) is -3.26. The Morgan fingerprint density at radius 3 is 1.73 bits per heavy atom. The van der Waals surface area contributed by atoms with Crippen LogP contribution in [0, 0.1) is 16.2 Å². The van der Waals surface area contributed by atoms with Gasteiger partial charge < -0.3 is 34.5 Å². The van der Waals surface area contributed by atoms with Gasteiger partial charge in [-0.2, -0.15) is 0 Å². The average Bonchev–Trinajstić information content (AvgIpc) is 2.76. The molecule has 0 aromatic heterocycles. The lowest BCUT2D eigenvalue weighted by molar-refractivity contribution is -0.160. The number of carbonyl (C=O) groups excluding carboxylic acids is 3. The summed E-state index contributed by atoms with van der Waals surface area (Å²) in [5.74, 6) is -2.13. The van der Waals surface area contributed by atoms with E-state index in [-0.39, 0.29) is 48.4 Å². The van der Waals surface area contributed by atoms with Crippen LogP contribution in [0.4, 0.5) is 9.59 Å². The van der Waals surface area contributed by atoms with Crippen molar-refractivity contribution >= 4 is 24.2 Å². The smallest absolute Gasteiger partial charge is 0.480 e.